The van der Waals surface area contributed by atoms with Crippen molar-refractivity contribution in [3.8, 4) is 0 Å². The standard InChI is InChI=1S/C45H42N2/c1-33-30-37-13-10-11-15-39(37)32-45(33)47(41-18-6-3-7-19-41)43-27-22-36(23-28-43)35-20-25-42(26-21-35)46(40-16-4-2-5-17-40)44-29-24-34-12-8-9-14-38(34)31-44/h2-16,18-25,27-29,31-33,37,39-40,42H,17,26,30H2,1H3. The molecule has 2 heteroatoms. The van der Waals surface area contributed by atoms with E-state index in [4.69, 9.17) is 0 Å². The number of para-hydroxylation sites is 1. The quantitative estimate of drug-likeness (QED) is 0.205. The highest BCUT2D eigenvalue weighted by Gasteiger charge is 2.31. The second kappa shape index (κ2) is 13.0. The zero-order valence-corrected chi connectivity index (χ0v) is 27.1. The molecule has 0 heterocycles. The lowest BCUT2D eigenvalue weighted by molar-refractivity contribution is 0.404. The van der Waals surface area contributed by atoms with Crippen LogP contribution in [-0.4, -0.2) is 12.1 Å². The number of hydrogen-bond donors (Lipinski definition) is 0. The van der Waals surface area contributed by atoms with Crippen molar-refractivity contribution in [3.63, 3.8) is 0 Å². The van der Waals surface area contributed by atoms with E-state index in [1.807, 2.05) is 0 Å². The summed E-state index contributed by atoms with van der Waals surface area (Å²) < 4.78 is 0. The van der Waals surface area contributed by atoms with Crippen molar-refractivity contribution < 1.29 is 0 Å². The van der Waals surface area contributed by atoms with Gasteiger partial charge in [0.25, 0.3) is 0 Å². The molecule has 4 aliphatic carbocycles. The van der Waals surface area contributed by atoms with Gasteiger partial charge in [0.1, 0.15) is 0 Å². The van der Waals surface area contributed by atoms with Gasteiger partial charge in [-0.15, -0.1) is 0 Å². The number of anilines is 3. The zero-order chi connectivity index (χ0) is 31.6. The summed E-state index contributed by atoms with van der Waals surface area (Å²) in [5.74, 6) is 1.51. The maximum absolute atomic E-state index is 2.61. The Labute approximate surface area is 279 Å². The van der Waals surface area contributed by atoms with Crippen LogP contribution >= 0.6 is 0 Å². The van der Waals surface area contributed by atoms with Gasteiger partial charge >= 0.3 is 0 Å². The third-order valence-corrected chi connectivity index (χ3v) is 10.3. The van der Waals surface area contributed by atoms with Gasteiger partial charge in [0.15, 0.2) is 0 Å². The van der Waals surface area contributed by atoms with E-state index in [9.17, 15) is 0 Å². The van der Waals surface area contributed by atoms with Crippen LogP contribution in [0.5, 0.6) is 0 Å². The first-order chi connectivity index (χ1) is 23.2. The van der Waals surface area contributed by atoms with Crippen molar-refractivity contribution in [2.45, 2.75) is 38.3 Å². The molecular formula is C45H42N2. The van der Waals surface area contributed by atoms with Crippen LogP contribution in [0.15, 0.2) is 176 Å². The highest BCUT2D eigenvalue weighted by molar-refractivity contribution is 5.86. The Hall–Kier alpha value is -5.08. The summed E-state index contributed by atoms with van der Waals surface area (Å²) in [4.78, 5) is 5.09. The molecule has 4 aliphatic rings. The maximum Gasteiger partial charge on any atom is 0.0517 e. The van der Waals surface area contributed by atoms with Crippen LogP contribution in [0.3, 0.4) is 0 Å². The third kappa shape index (κ3) is 5.97. The van der Waals surface area contributed by atoms with Gasteiger partial charge in [0.05, 0.1) is 12.1 Å². The first kappa shape index (κ1) is 29.3. The molecule has 4 aromatic carbocycles. The largest absolute Gasteiger partial charge is 0.358 e. The van der Waals surface area contributed by atoms with Crippen molar-refractivity contribution >= 4 is 33.4 Å². The van der Waals surface area contributed by atoms with Crippen LogP contribution in [0.2, 0.25) is 0 Å². The smallest absolute Gasteiger partial charge is 0.0517 e. The molecule has 2 nitrogen and oxygen atoms in total. The van der Waals surface area contributed by atoms with E-state index >= 15 is 0 Å². The fourth-order valence-electron chi connectivity index (χ4n) is 7.87. The number of benzene rings is 4. The van der Waals surface area contributed by atoms with Crippen LogP contribution in [0.4, 0.5) is 17.1 Å². The molecule has 232 valence electrons. The summed E-state index contributed by atoms with van der Waals surface area (Å²) in [6, 6.07) is 36.3. The maximum atomic E-state index is 2.61. The van der Waals surface area contributed by atoms with Crippen LogP contribution in [0, 0.1) is 17.8 Å². The minimum Gasteiger partial charge on any atom is -0.358 e. The lowest BCUT2D eigenvalue weighted by Crippen LogP contribution is -2.42. The molecule has 0 saturated carbocycles. The third-order valence-electron chi connectivity index (χ3n) is 10.3. The van der Waals surface area contributed by atoms with Gasteiger partial charge in [-0.1, -0.05) is 140 Å². The fourth-order valence-corrected chi connectivity index (χ4v) is 7.87. The fraction of sp³-hybridized carbons (Fsp3) is 0.200. The molecule has 5 atom stereocenters. The highest BCUT2D eigenvalue weighted by atomic mass is 15.2. The Bertz CT molecular complexity index is 1950. The lowest BCUT2D eigenvalue weighted by Gasteiger charge is -2.39. The first-order valence-corrected chi connectivity index (χ1v) is 17.2. The van der Waals surface area contributed by atoms with Gasteiger partial charge in [-0.25, -0.2) is 0 Å². The van der Waals surface area contributed by atoms with Crippen molar-refractivity contribution in [1.29, 1.82) is 0 Å². The number of fused-ring (bicyclic) bond motifs is 2. The molecule has 0 radical (unpaired) electrons. The first-order valence-electron chi connectivity index (χ1n) is 17.2. The molecule has 0 bridgehead atoms. The molecule has 47 heavy (non-hydrogen) atoms. The predicted molar refractivity (Wildman–Crippen MR) is 201 cm³/mol. The molecule has 0 aromatic heterocycles. The Morgan fingerprint density at radius 2 is 1.34 bits per heavy atom. The van der Waals surface area contributed by atoms with Crippen molar-refractivity contribution in [3.05, 3.63) is 181 Å². The molecular weight excluding hydrogens is 569 g/mol. The Balaban J connectivity index is 1.06. The van der Waals surface area contributed by atoms with E-state index < -0.39 is 0 Å². The number of allylic oxidation sites excluding steroid dienone is 10. The second-order valence-electron chi connectivity index (χ2n) is 13.3. The summed E-state index contributed by atoms with van der Waals surface area (Å²) >= 11 is 0. The van der Waals surface area contributed by atoms with Gasteiger partial charge in [-0.2, -0.15) is 0 Å². The SMILES string of the molecule is CC1CC2C=CC=CC2C=C1N(c1ccccc1)c1ccc(C2=CCC(N(c3ccc4ccccc4c3)C3C=CC=CC3)C=C2)cc1. The molecule has 0 aliphatic heterocycles. The average Bonchev–Trinajstić information content (AvgIpc) is 3.13. The zero-order valence-electron chi connectivity index (χ0n) is 27.1. The summed E-state index contributed by atoms with van der Waals surface area (Å²) in [6.45, 7) is 2.38. The molecule has 0 fully saturated rings. The van der Waals surface area contributed by atoms with E-state index in [0.717, 1.165) is 12.8 Å². The van der Waals surface area contributed by atoms with Crippen molar-refractivity contribution in [1.82, 2.24) is 0 Å². The van der Waals surface area contributed by atoms with Gasteiger partial charge < -0.3 is 9.80 Å². The van der Waals surface area contributed by atoms with Gasteiger partial charge in [-0.3, -0.25) is 0 Å². The second-order valence-corrected chi connectivity index (χ2v) is 13.3. The van der Waals surface area contributed by atoms with E-state index in [1.165, 1.54) is 51.1 Å². The molecule has 5 unspecified atom stereocenters. The van der Waals surface area contributed by atoms with Crippen LogP contribution in [0.1, 0.15) is 31.7 Å². The average molecular weight is 611 g/mol. The normalized spacial score (nSPS) is 24.5. The van der Waals surface area contributed by atoms with E-state index in [0.29, 0.717) is 29.8 Å². The van der Waals surface area contributed by atoms with E-state index in [1.54, 1.807) is 0 Å². The number of rotatable bonds is 7. The lowest BCUT2D eigenvalue weighted by atomic mass is 9.75. The summed E-state index contributed by atoms with van der Waals surface area (Å²) in [5.41, 5.74) is 7.66. The topological polar surface area (TPSA) is 6.48 Å². The molecule has 0 N–H and O–H groups in total. The molecule has 0 spiro atoms. The van der Waals surface area contributed by atoms with E-state index in [-0.39, 0.29) is 0 Å². The van der Waals surface area contributed by atoms with Crippen LogP contribution in [0.25, 0.3) is 16.3 Å². The van der Waals surface area contributed by atoms with Crippen LogP contribution < -0.4 is 9.80 Å². The monoisotopic (exact) mass is 610 g/mol. The molecule has 8 rings (SSSR count). The summed E-state index contributed by atoms with van der Waals surface area (Å²) in [5, 5.41) is 2.57. The molecule has 0 amide bonds. The van der Waals surface area contributed by atoms with Crippen molar-refractivity contribution in [2.24, 2.45) is 17.8 Å². The minimum atomic E-state index is 0.293. The Morgan fingerprint density at radius 3 is 2.13 bits per heavy atom. The highest BCUT2D eigenvalue weighted by Crippen LogP contribution is 2.42. The molecule has 4 aromatic rings. The number of hydrogen-bond acceptors (Lipinski definition) is 2. The van der Waals surface area contributed by atoms with Crippen LogP contribution in [-0.2, 0) is 0 Å². The van der Waals surface area contributed by atoms with Gasteiger partial charge in [0.2, 0.25) is 0 Å². The van der Waals surface area contributed by atoms with Crippen molar-refractivity contribution in [2.75, 3.05) is 9.80 Å². The minimum absolute atomic E-state index is 0.293. The summed E-state index contributed by atoms with van der Waals surface area (Å²) in [7, 11) is 0. The Morgan fingerprint density at radius 1 is 0.617 bits per heavy atom. The van der Waals surface area contributed by atoms with Gasteiger partial charge in [-0.05, 0) is 89.4 Å². The summed E-state index contributed by atoms with van der Waals surface area (Å²) in [6.07, 6.45) is 31.0. The Kier molecular flexibility index (Phi) is 8.09. The number of nitrogens with zero attached hydrogens (tertiary/aromatic N) is 2. The van der Waals surface area contributed by atoms with E-state index in [2.05, 4.69) is 187 Å². The molecule has 0 saturated heterocycles. The predicted octanol–water partition coefficient (Wildman–Crippen LogP) is 11.4. The van der Waals surface area contributed by atoms with Gasteiger partial charge in [0, 0.05) is 28.7 Å².